The Morgan fingerprint density at radius 3 is 2.40 bits per heavy atom. The van der Waals surface area contributed by atoms with Crippen LogP contribution in [0.25, 0.3) is 0 Å². The molecule has 1 aromatic rings. The molecule has 1 aliphatic heterocycles. The summed E-state index contributed by atoms with van der Waals surface area (Å²) in [4.78, 5) is 13.0. The number of nitrogens with one attached hydrogen (secondary N) is 1. The number of hydrogen-bond donors (Lipinski definition) is 2. The van der Waals surface area contributed by atoms with Crippen molar-refractivity contribution in [3.8, 4) is 5.75 Å². The number of nitro benzene ring substituents is 1. The first-order valence-electron chi connectivity index (χ1n) is 8.01. The third kappa shape index (κ3) is 6.57. The van der Waals surface area contributed by atoms with Gasteiger partial charge in [-0.25, -0.2) is 0 Å². The maximum Gasteiger partial charge on any atom is 0.312 e. The lowest BCUT2D eigenvalue weighted by Crippen LogP contribution is -2.45. The molecule has 1 aliphatic rings. The average Bonchev–Trinajstić information content (AvgIpc) is 2.51. The van der Waals surface area contributed by atoms with Crippen LogP contribution >= 0.6 is 40.7 Å². The molecule has 1 saturated heterocycles. The number of hydrogen-bond acceptors (Lipinski definition) is 5. The van der Waals surface area contributed by atoms with Gasteiger partial charge >= 0.3 is 5.69 Å². The van der Waals surface area contributed by atoms with Gasteiger partial charge in [0.1, 0.15) is 0 Å². The first-order valence-corrected chi connectivity index (χ1v) is 8.81. The maximum absolute atomic E-state index is 11.2. The number of phenolic OH excluding ortho intramolecular Hbond substituents is 1. The highest BCUT2D eigenvalue weighted by atomic mass is 79.9. The molecule has 144 valence electrons. The van der Waals surface area contributed by atoms with E-state index in [9.17, 15) is 15.2 Å². The SMILES string of the molecule is CC(C)CC[C@H](c1cc(Br)cc([N+](=O)[O-])c1O)N1CCNCC1.Cl.Cl. The highest BCUT2D eigenvalue weighted by molar-refractivity contribution is 9.10. The first-order chi connectivity index (χ1) is 10.9. The number of rotatable bonds is 6. The van der Waals surface area contributed by atoms with Gasteiger partial charge in [0.15, 0.2) is 5.75 Å². The van der Waals surface area contributed by atoms with E-state index in [0.29, 0.717) is 16.0 Å². The van der Waals surface area contributed by atoms with Gasteiger partial charge in [0.25, 0.3) is 0 Å². The van der Waals surface area contributed by atoms with Crippen molar-refractivity contribution in [1.29, 1.82) is 0 Å². The number of nitrogens with zero attached hydrogens (tertiary/aromatic N) is 2. The van der Waals surface area contributed by atoms with E-state index >= 15 is 0 Å². The Kier molecular flexibility index (Phi) is 10.9. The molecule has 1 heterocycles. The summed E-state index contributed by atoms with van der Waals surface area (Å²) in [5.41, 5.74) is 0.410. The molecule has 2 N–H and O–H groups in total. The minimum absolute atomic E-state index is 0. The molecule has 1 aromatic carbocycles. The summed E-state index contributed by atoms with van der Waals surface area (Å²) in [6.45, 7) is 7.88. The third-order valence-corrected chi connectivity index (χ3v) is 4.71. The average molecular weight is 459 g/mol. The van der Waals surface area contributed by atoms with Crippen LogP contribution in [0.3, 0.4) is 0 Å². The Labute approximate surface area is 169 Å². The molecule has 0 saturated carbocycles. The number of nitro groups is 1. The van der Waals surface area contributed by atoms with Gasteiger partial charge < -0.3 is 10.4 Å². The fourth-order valence-corrected chi connectivity index (χ4v) is 3.48. The van der Waals surface area contributed by atoms with Crippen LogP contribution in [0.1, 0.15) is 38.3 Å². The van der Waals surface area contributed by atoms with Crippen molar-refractivity contribution >= 4 is 46.4 Å². The van der Waals surface area contributed by atoms with Crippen LogP contribution in [0.5, 0.6) is 5.75 Å². The lowest BCUT2D eigenvalue weighted by atomic mass is 9.94. The highest BCUT2D eigenvalue weighted by Crippen LogP contribution is 2.40. The van der Waals surface area contributed by atoms with Crippen LogP contribution in [0.4, 0.5) is 5.69 Å². The van der Waals surface area contributed by atoms with E-state index in [2.05, 4.69) is 40.0 Å². The Morgan fingerprint density at radius 1 is 1.28 bits per heavy atom. The number of aromatic hydroxyl groups is 1. The topological polar surface area (TPSA) is 78.6 Å². The summed E-state index contributed by atoms with van der Waals surface area (Å²) < 4.78 is 0.627. The smallest absolute Gasteiger partial charge is 0.312 e. The second-order valence-electron chi connectivity index (χ2n) is 6.39. The van der Waals surface area contributed by atoms with Crippen molar-refractivity contribution in [3.05, 3.63) is 32.3 Å². The summed E-state index contributed by atoms with van der Waals surface area (Å²) in [6.07, 6.45) is 1.88. The molecular formula is C16H26BrCl2N3O3. The zero-order chi connectivity index (χ0) is 17.0. The van der Waals surface area contributed by atoms with Crippen LogP contribution in [0, 0.1) is 16.0 Å². The van der Waals surface area contributed by atoms with Crippen molar-refractivity contribution in [2.45, 2.75) is 32.7 Å². The van der Waals surface area contributed by atoms with Gasteiger partial charge in [-0.05, 0) is 24.8 Å². The van der Waals surface area contributed by atoms with Gasteiger partial charge in [-0.15, -0.1) is 24.8 Å². The third-order valence-electron chi connectivity index (χ3n) is 4.25. The van der Waals surface area contributed by atoms with E-state index < -0.39 is 4.92 Å². The number of halogens is 3. The molecule has 6 nitrogen and oxygen atoms in total. The minimum Gasteiger partial charge on any atom is -0.502 e. The van der Waals surface area contributed by atoms with Crippen LogP contribution < -0.4 is 5.32 Å². The van der Waals surface area contributed by atoms with E-state index in [1.807, 2.05) is 6.07 Å². The molecule has 0 unspecified atom stereocenters. The van der Waals surface area contributed by atoms with Gasteiger partial charge in [-0.2, -0.15) is 0 Å². The first kappa shape index (κ1) is 24.4. The number of benzene rings is 1. The van der Waals surface area contributed by atoms with Crippen LogP contribution in [0.15, 0.2) is 16.6 Å². The zero-order valence-corrected chi connectivity index (χ0v) is 17.6. The van der Waals surface area contributed by atoms with Crippen molar-refractivity contribution in [2.24, 2.45) is 5.92 Å². The van der Waals surface area contributed by atoms with Gasteiger partial charge in [-0.3, -0.25) is 15.0 Å². The Morgan fingerprint density at radius 2 is 1.88 bits per heavy atom. The lowest BCUT2D eigenvalue weighted by molar-refractivity contribution is -0.386. The van der Waals surface area contributed by atoms with Crippen molar-refractivity contribution < 1.29 is 10.0 Å². The molecule has 1 fully saturated rings. The Balaban J connectivity index is 0.00000288. The second-order valence-corrected chi connectivity index (χ2v) is 7.31. The summed E-state index contributed by atoms with van der Waals surface area (Å²) in [7, 11) is 0. The van der Waals surface area contributed by atoms with Gasteiger partial charge in [-0.1, -0.05) is 29.8 Å². The predicted octanol–water partition coefficient (Wildman–Crippen LogP) is 4.29. The van der Waals surface area contributed by atoms with Crippen molar-refractivity contribution in [2.75, 3.05) is 26.2 Å². The van der Waals surface area contributed by atoms with Crippen LogP contribution in [-0.4, -0.2) is 41.1 Å². The standard InChI is InChI=1S/C16H24BrN3O3.2ClH/c1-11(2)3-4-14(19-7-5-18-6-8-19)13-9-12(17)10-15(16(13)21)20(22)23;;/h9-11,14,18,21H,3-8H2,1-2H3;2*1H/t14-;;/m1../s1. The van der Waals surface area contributed by atoms with E-state index in [1.54, 1.807) is 0 Å². The quantitative estimate of drug-likeness (QED) is 0.491. The number of piperazine rings is 1. The molecule has 0 amide bonds. The molecule has 1 atom stereocenters. The van der Waals surface area contributed by atoms with E-state index in [-0.39, 0.29) is 42.3 Å². The fourth-order valence-electron chi connectivity index (χ4n) is 3.02. The maximum atomic E-state index is 11.2. The van der Waals surface area contributed by atoms with Gasteiger partial charge in [0.05, 0.1) is 4.92 Å². The van der Waals surface area contributed by atoms with Gasteiger partial charge in [0.2, 0.25) is 0 Å². The molecule has 2 rings (SSSR count). The molecule has 0 bridgehead atoms. The summed E-state index contributed by atoms with van der Waals surface area (Å²) in [5.74, 6) is 0.343. The van der Waals surface area contributed by atoms with Crippen LogP contribution in [0.2, 0.25) is 0 Å². The Hall–Kier alpha value is -0.600. The number of phenols is 1. The molecule has 25 heavy (non-hydrogen) atoms. The molecule has 0 radical (unpaired) electrons. The van der Waals surface area contributed by atoms with Gasteiger partial charge in [0, 0.05) is 48.3 Å². The molecule has 9 heteroatoms. The second kappa shape index (κ2) is 11.2. The monoisotopic (exact) mass is 457 g/mol. The Bertz CT molecular complexity index is 570. The fraction of sp³-hybridized carbons (Fsp3) is 0.625. The van der Waals surface area contributed by atoms with E-state index in [0.717, 1.165) is 39.0 Å². The molecule has 0 spiro atoms. The summed E-state index contributed by atoms with van der Waals surface area (Å²) in [5, 5.41) is 25.0. The minimum atomic E-state index is -0.527. The van der Waals surface area contributed by atoms with E-state index in [1.165, 1.54) is 6.07 Å². The summed E-state index contributed by atoms with van der Waals surface area (Å²) >= 11 is 3.34. The predicted molar refractivity (Wildman–Crippen MR) is 108 cm³/mol. The van der Waals surface area contributed by atoms with Crippen LogP contribution in [-0.2, 0) is 0 Å². The molecule has 0 aromatic heterocycles. The van der Waals surface area contributed by atoms with Crippen molar-refractivity contribution in [1.82, 2.24) is 10.2 Å². The highest BCUT2D eigenvalue weighted by Gasteiger charge is 2.29. The lowest BCUT2D eigenvalue weighted by Gasteiger charge is -2.36. The van der Waals surface area contributed by atoms with E-state index in [4.69, 9.17) is 0 Å². The zero-order valence-electron chi connectivity index (χ0n) is 14.4. The molecular weight excluding hydrogens is 433 g/mol. The largest absolute Gasteiger partial charge is 0.502 e. The molecule has 0 aliphatic carbocycles. The summed E-state index contributed by atoms with van der Waals surface area (Å²) in [6, 6.07) is 3.17. The van der Waals surface area contributed by atoms with Crippen molar-refractivity contribution in [3.63, 3.8) is 0 Å². The normalized spacial score (nSPS) is 16.0.